The van der Waals surface area contributed by atoms with E-state index >= 15 is 0 Å². The molecule has 1 atom stereocenters. The van der Waals surface area contributed by atoms with Crippen molar-refractivity contribution in [3.05, 3.63) is 60.3 Å². The molecule has 2 heterocycles. The van der Waals surface area contributed by atoms with E-state index in [0.717, 1.165) is 4.90 Å². The molecule has 12 heteroatoms. The first-order valence-electron chi connectivity index (χ1n) is 11.4. The highest BCUT2D eigenvalue weighted by atomic mass is 19.3. The number of halogens is 2. The zero-order valence-electron chi connectivity index (χ0n) is 20.4. The molecule has 4 rings (SSSR count). The van der Waals surface area contributed by atoms with Crippen molar-refractivity contribution in [3.63, 3.8) is 0 Å². The molecular formula is C25H26F2N6O4. The molecule has 3 aromatic rings. The summed E-state index contributed by atoms with van der Waals surface area (Å²) in [5.41, 5.74) is 1.28. The Hall–Kier alpha value is -4.32. The van der Waals surface area contributed by atoms with Gasteiger partial charge in [0.15, 0.2) is 5.82 Å². The molecule has 0 fully saturated rings. The van der Waals surface area contributed by atoms with E-state index in [1.165, 1.54) is 31.3 Å². The first-order chi connectivity index (χ1) is 17.6. The minimum atomic E-state index is -3.66. The number of ether oxygens (including phenoxy) is 1. The number of aliphatic hydroxyl groups is 1. The van der Waals surface area contributed by atoms with Gasteiger partial charge in [-0.15, -0.1) is 0 Å². The summed E-state index contributed by atoms with van der Waals surface area (Å²) in [6.07, 6.45) is 0.603. The number of anilines is 5. The van der Waals surface area contributed by atoms with Gasteiger partial charge >= 0.3 is 5.92 Å². The van der Waals surface area contributed by atoms with Gasteiger partial charge in [-0.05, 0) is 37.3 Å². The standard InChI is InChI=1S/C25H26F2N6O4/c1-15(34)12-28-22(35)16-9-10-18(20(11-16)37-3)30-24-29-13-19-21(31-24)33(17-7-5-4-6-8-17)14-25(26,27)23(36)32(19)2/h4-11,13,15,34H,12,14H2,1-3H3,(H,28,35)(H,29,30,31). The topological polar surface area (TPSA) is 120 Å². The van der Waals surface area contributed by atoms with Gasteiger partial charge in [-0.3, -0.25) is 9.59 Å². The van der Waals surface area contributed by atoms with E-state index < -0.39 is 24.5 Å². The number of fused-ring (bicyclic) bond motifs is 1. The molecule has 1 unspecified atom stereocenters. The largest absolute Gasteiger partial charge is 0.495 e. The Morgan fingerprint density at radius 1 is 1.24 bits per heavy atom. The molecule has 0 saturated carbocycles. The van der Waals surface area contributed by atoms with Crippen LogP contribution in [0.5, 0.6) is 5.75 Å². The normalized spacial score (nSPS) is 15.5. The van der Waals surface area contributed by atoms with Crippen molar-refractivity contribution in [2.24, 2.45) is 0 Å². The van der Waals surface area contributed by atoms with Crippen molar-refractivity contribution in [3.8, 4) is 5.75 Å². The molecule has 1 aromatic heterocycles. The fourth-order valence-corrected chi connectivity index (χ4v) is 3.78. The van der Waals surface area contributed by atoms with Crippen LogP contribution in [0.2, 0.25) is 0 Å². The maximum Gasteiger partial charge on any atom is 0.342 e. The Balaban J connectivity index is 1.69. The Morgan fingerprint density at radius 3 is 2.65 bits per heavy atom. The molecule has 3 N–H and O–H groups in total. The number of aromatic nitrogens is 2. The van der Waals surface area contributed by atoms with Crippen molar-refractivity contribution < 1.29 is 28.2 Å². The average Bonchev–Trinajstić information content (AvgIpc) is 2.96. The van der Waals surface area contributed by atoms with Gasteiger partial charge in [0.1, 0.15) is 11.4 Å². The van der Waals surface area contributed by atoms with Crippen LogP contribution in [-0.2, 0) is 4.79 Å². The van der Waals surface area contributed by atoms with Gasteiger partial charge in [0.2, 0.25) is 5.95 Å². The maximum atomic E-state index is 14.8. The van der Waals surface area contributed by atoms with Crippen molar-refractivity contribution in [2.45, 2.75) is 19.0 Å². The number of para-hydroxylation sites is 1. The predicted molar refractivity (Wildman–Crippen MR) is 134 cm³/mol. The van der Waals surface area contributed by atoms with Crippen LogP contribution in [0.1, 0.15) is 17.3 Å². The van der Waals surface area contributed by atoms with Gasteiger partial charge < -0.3 is 30.3 Å². The van der Waals surface area contributed by atoms with E-state index in [1.54, 1.807) is 49.4 Å². The lowest BCUT2D eigenvalue weighted by Gasteiger charge is -2.25. The smallest absolute Gasteiger partial charge is 0.342 e. The zero-order valence-corrected chi connectivity index (χ0v) is 20.4. The number of rotatable bonds is 7. The molecule has 0 saturated heterocycles. The fraction of sp³-hybridized carbons (Fsp3) is 0.280. The van der Waals surface area contributed by atoms with E-state index in [4.69, 9.17) is 4.74 Å². The molecular weight excluding hydrogens is 486 g/mol. The summed E-state index contributed by atoms with van der Waals surface area (Å²) in [5.74, 6) is -4.92. The summed E-state index contributed by atoms with van der Waals surface area (Å²) in [4.78, 5) is 35.6. The van der Waals surface area contributed by atoms with Crippen molar-refractivity contribution in [2.75, 3.05) is 42.4 Å². The minimum absolute atomic E-state index is 0.0651. The minimum Gasteiger partial charge on any atom is -0.495 e. The fourth-order valence-electron chi connectivity index (χ4n) is 3.78. The molecule has 1 aliphatic rings. The molecule has 1 aliphatic heterocycles. The van der Waals surface area contributed by atoms with Crippen LogP contribution in [0, 0.1) is 0 Å². The molecule has 194 valence electrons. The summed E-state index contributed by atoms with van der Waals surface area (Å²) < 4.78 is 35.0. The third kappa shape index (κ3) is 5.43. The number of nitrogens with zero attached hydrogens (tertiary/aromatic N) is 4. The zero-order chi connectivity index (χ0) is 26.7. The summed E-state index contributed by atoms with van der Waals surface area (Å²) in [7, 11) is 2.68. The van der Waals surface area contributed by atoms with Crippen molar-refractivity contribution in [1.82, 2.24) is 15.3 Å². The number of carbonyl (C=O) groups is 2. The summed E-state index contributed by atoms with van der Waals surface area (Å²) in [6.45, 7) is 0.753. The molecule has 10 nitrogen and oxygen atoms in total. The van der Waals surface area contributed by atoms with Gasteiger partial charge in [0.25, 0.3) is 11.8 Å². The van der Waals surface area contributed by atoms with Crippen molar-refractivity contribution >= 4 is 40.6 Å². The first kappa shape index (κ1) is 25.8. The predicted octanol–water partition coefficient (Wildman–Crippen LogP) is 3.09. The summed E-state index contributed by atoms with van der Waals surface area (Å²) in [6, 6.07) is 13.1. The van der Waals surface area contributed by atoms with Crippen LogP contribution in [0.15, 0.2) is 54.7 Å². The van der Waals surface area contributed by atoms with Crippen LogP contribution in [-0.4, -0.2) is 66.2 Å². The number of hydrogen-bond donors (Lipinski definition) is 3. The maximum absolute atomic E-state index is 14.8. The van der Waals surface area contributed by atoms with Crippen LogP contribution in [0.4, 0.5) is 37.6 Å². The summed E-state index contributed by atoms with van der Waals surface area (Å²) in [5, 5.41) is 15.0. The van der Waals surface area contributed by atoms with E-state index in [9.17, 15) is 23.5 Å². The molecule has 0 aliphatic carbocycles. The van der Waals surface area contributed by atoms with Crippen molar-refractivity contribution in [1.29, 1.82) is 0 Å². The quantitative estimate of drug-likeness (QED) is 0.442. The van der Waals surface area contributed by atoms with Crippen LogP contribution < -0.4 is 25.2 Å². The molecule has 2 aromatic carbocycles. The summed E-state index contributed by atoms with van der Waals surface area (Å²) >= 11 is 0. The number of aliphatic hydroxyl groups excluding tert-OH is 1. The highest BCUT2D eigenvalue weighted by molar-refractivity contribution is 6.02. The van der Waals surface area contributed by atoms with E-state index in [-0.39, 0.29) is 29.9 Å². The van der Waals surface area contributed by atoms with Crippen LogP contribution in [0.25, 0.3) is 0 Å². The Labute approximate surface area is 211 Å². The Kier molecular flexibility index (Phi) is 7.21. The molecule has 0 bridgehead atoms. The number of nitrogens with one attached hydrogen (secondary N) is 2. The van der Waals surface area contributed by atoms with Gasteiger partial charge in [0.05, 0.1) is 31.6 Å². The second-order valence-corrected chi connectivity index (χ2v) is 8.49. The number of hydrogen-bond acceptors (Lipinski definition) is 8. The van der Waals surface area contributed by atoms with E-state index in [0.29, 0.717) is 22.7 Å². The van der Waals surface area contributed by atoms with Gasteiger partial charge in [-0.2, -0.15) is 13.8 Å². The second-order valence-electron chi connectivity index (χ2n) is 8.49. The highest BCUT2D eigenvalue weighted by Gasteiger charge is 2.47. The average molecular weight is 513 g/mol. The molecule has 0 radical (unpaired) electrons. The first-order valence-corrected chi connectivity index (χ1v) is 11.4. The number of amides is 2. The third-order valence-electron chi connectivity index (χ3n) is 5.68. The highest BCUT2D eigenvalue weighted by Crippen LogP contribution is 2.40. The number of alkyl halides is 2. The lowest BCUT2D eigenvalue weighted by Crippen LogP contribution is -2.45. The van der Waals surface area contributed by atoms with Crippen LogP contribution in [0.3, 0.4) is 0 Å². The molecule has 0 spiro atoms. The van der Waals surface area contributed by atoms with E-state index in [2.05, 4.69) is 20.6 Å². The van der Waals surface area contributed by atoms with Gasteiger partial charge in [0, 0.05) is 24.8 Å². The Bertz CT molecular complexity index is 1310. The van der Waals surface area contributed by atoms with Gasteiger partial charge in [-0.1, -0.05) is 18.2 Å². The second kappa shape index (κ2) is 10.3. The van der Waals surface area contributed by atoms with Gasteiger partial charge in [-0.25, -0.2) is 4.98 Å². The number of benzene rings is 2. The number of methoxy groups -OCH3 is 1. The lowest BCUT2D eigenvalue weighted by atomic mass is 10.1. The Morgan fingerprint density at radius 2 is 1.97 bits per heavy atom. The molecule has 2 amide bonds. The SMILES string of the molecule is COc1cc(C(=O)NCC(C)O)ccc1Nc1ncc2c(n1)N(c1ccccc1)CC(F)(F)C(=O)N2C. The van der Waals surface area contributed by atoms with E-state index in [1.807, 2.05) is 0 Å². The third-order valence-corrected chi connectivity index (χ3v) is 5.68. The van der Waals surface area contributed by atoms with Crippen LogP contribution >= 0.6 is 0 Å². The number of carbonyl (C=O) groups excluding carboxylic acids is 2. The monoisotopic (exact) mass is 512 g/mol. The molecule has 37 heavy (non-hydrogen) atoms. The lowest BCUT2D eigenvalue weighted by molar-refractivity contribution is -0.140.